The number of amides is 3. The highest BCUT2D eigenvalue weighted by Crippen LogP contribution is 2.55. The van der Waals surface area contributed by atoms with E-state index in [4.69, 9.17) is 16.3 Å². The topological polar surface area (TPSA) is 87.7 Å². The second kappa shape index (κ2) is 9.32. The van der Waals surface area contributed by atoms with Crippen molar-refractivity contribution in [1.82, 2.24) is 10.2 Å². The minimum absolute atomic E-state index is 0.104. The van der Waals surface area contributed by atoms with E-state index in [2.05, 4.69) is 10.6 Å². The molecule has 2 bridgehead atoms. The molecule has 0 radical (unpaired) electrons. The summed E-state index contributed by atoms with van der Waals surface area (Å²) in [5.41, 5.74) is -0.558. The molecule has 2 saturated heterocycles. The number of rotatable bonds is 6. The second-order valence-electron chi connectivity index (χ2n) is 10.1. The molecule has 3 amide bonds. The molecule has 1 aromatic heterocycles. The number of benzene rings is 1. The van der Waals surface area contributed by atoms with Gasteiger partial charge in [-0.15, -0.1) is 11.3 Å². The van der Waals surface area contributed by atoms with Crippen molar-refractivity contribution in [2.75, 3.05) is 5.32 Å². The first-order valence-corrected chi connectivity index (χ1v) is 13.8. The lowest BCUT2D eigenvalue weighted by atomic mass is 9.74. The number of fused-ring (bicyclic) bond motifs is 1. The number of nitrogens with one attached hydrogen (secondary N) is 2. The molecule has 1 aromatic carbocycles. The van der Waals surface area contributed by atoms with E-state index in [0.29, 0.717) is 17.3 Å². The molecule has 2 N–H and O–H groups in total. The SMILES string of the molecule is O=C(Nc1ccc(Cl)cc1)[C@H]1[C@H]2C=C[C@@]3(O2)[C@H]1C(=O)N(Cc1cccs1)[C@@H]3C(=O)NC1CCCCC1. The van der Waals surface area contributed by atoms with E-state index in [-0.39, 0.29) is 23.8 Å². The lowest BCUT2D eigenvalue weighted by Gasteiger charge is -2.34. The van der Waals surface area contributed by atoms with Crippen molar-refractivity contribution in [3.8, 4) is 0 Å². The largest absolute Gasteiger partial charge is 0.359 e. The molecule has 188 valence electrons. The molecule has 0 unspecified atom stereocenters. The lowest BCUT2D eigenvalue weighted by Crippen LogP contribution is -2.56. The molecule has 1 spiro atoms. The summed E-state index contributed by atoms with van der Waals surface area (Å²) in [5.74, 6) is -2.19. The van der Waals surface area contributed by atoms with Gasteiger partial charge in [-0.1, -0.05) is 49.1 Å². The maximum atomic E-state index is 14.0. The van der Waals surface area contributed by atoms with E-state index in [1.165, 1.54) is 6.42 Å². The smallest absolute Gasteiger partial charge is 0.246 e. The third-order valence-electron chi connectivity index (χ3n) is 7.89. The normalized spacial score (nSPS) is 31.0. The Hall–Kier alpha value is -2.68. The number of anilines is 1. The van der Waals surface area contributed by atoms with Crippen molar-refractivity contribution < 1.29 is 19.1 Å². The van der Waals surface area contributed by atoms with Crippen molar-refractivity contribution in [3.63, 3.8) is 0 Å². The Labute approximate surface area is 218 Å². The molecule has 1 aliphatic carbocycles. The third kappa shape index (κ3) is 3.96. The van der Waals surface area contributed by atoms with Crippen molar-refractivity contribution in [2.45, 2.75) is 62.4 Å². The molecule has 1 saturated carbocycles. The van der Waals surface area contributed by atoms with Gasteiger partial charge in [-0.3, -0.25) is 14.4 Å². The summed E-state index contributed by atoms with van der Waals surface area (Å²) < 4.78 is 6.40. The summed E-state index contributed by atoms with van der Waals surface area (Å²) >= 11 is 7.52. The van der Waals surface area contributed by atoms with Crippen molar-refractivity contribution in [2.24, 2.45) is 11.8 Å². The highest BCUT2D eigenvalue weighted by molar-refractivity contribution is 7.09. The molecule has 7 nitrogen and oxygen atoms in total. The van der Waals surface area contributed by atoms with E-state index < -0.39 is 29.6 Å². The van der Waals surface area contributed by atoms with Crippen LogP contribution in [0.15, 0.2) is 53.9 Å². The summed E-state index contributed by atoms with van der Waals surface area (Å²) in [5, 5.41) is 8.65. The number of halogens is 1. The monoisotopic (exact) mass is 525 g/mol. The van der Waals surface area contributed by atoms with Crippen LogP contribution < -0.4 is 10.6 Å². The molecule has 6 rings (SSSR count). The first kappa shape index (κ1) is 23.7. The number of nitrogens with zero attached hydrogens (tertiary/aromatic N) is 1. The van der Waals surface area contributed by atoms with E-state index in [9.17, 15) is 14.4 Å². The number of hydrogen-bond acceptors (Lipinski definition) is 5. The standard InChI is InChI=1S/C27H28ClN3O4S/c28-16-8-10-18(11-9-16)29-24(32)21-20-12-13-27(35-20)22(21)26(34)31(15-19-7-4-14-36-19)23(27)25(33)30-17-5-2-1-3-6-17/h4,7-14,17,20-23H,1-3,5-6,15H2,(H,29,32)(H,30,33)/t20-,21+,22-,23-,27-/m1/s1. The van der Waals surface area contributed by atoms with Crippen LogP contribution in [0.4, 0.5) is 5.69 Å². The number of ether oxygens (including phenoxy) is 1. The van der Waals surface area contributed by atoms with Gasteiger partial charge in [-0.2, -0.15) is 0 Å². The number of carbonyl (C=O) groups excluding carboxylic acids is 3. The Bertz CT molecular complexity index is 1190. The van der Waals surface area contributed by atoms with Gasteiger partial charge in [0.15, 0.2) is 0 Å². The van der Waals surface area contributed by atoms with Gasteiger partial charge in [0.05, 0.1) is 24.5 Å². The lowest BCUT2D eigenvalue weighted by molar-refractivity contribution is -0.142. The van der Waals surface area contributed by atoms with Crippen LogP contribution >= 0.6 is 22.9 Å². The summed E-state index contributed by atoms with van der Waals surface area (Å²) in [6, 6.07) is 10.0. The van der Waals surface area contributed by atoms with Crippen molar-refractivity contribution >= 4 is 46.3 Å². The summed E-state index contributed by atoms with van der Waals surface area (Å²) in [7, 11) is 0. The molecule has 5 atom stereocenters. The summed E-state index contributed by atoms with van der Waals surface area (Å²) in [6.45, 7) is 0.310. The van der Waals surface area contributed by atoms with Crippen LogP contribution in [-0.4, -0.2) is 46.4 Å². The van der Waals surface area contributed by atoms with Crippen molar-refractivity contribution in [1.29, 1.82) is 0 Å². The molecular formula is C27H28ClN3O4S. The van der Waals surface area contributed by atoms with E-state index >= 15 is 0 Å². The Kier molecular flexibility index (Phi) is 6.14. The van der Waals surface area contributed by atoms with Crippen LogP contribution in [0.3, 0.4) is 0 Å². The number of thiophene rings is 1. The number of hydrogen-bond donors (Lipinski definition) is 2. The zero-order chi connectivity index (χ0) is 24.9. The van der Waals surface area contributed by atoms with Crippen LogP contribution in [0.2, 0.25) is 5.02 Å². The van der Waals surface area contributed by atoms with Gasteiger partial charge in [-0.05, 0) is 48.6 Å². The zero-order valence-corrected chi connectivity index (χ0v) is 21.3. The predicted octanol–water partition coefficient (Wildman–Crippen LogP) is 4.14. The highest BCUT2D eigenvalue weighted by Gasteiger charge is 2.72. The fourth-order valence-electron chi connectivity index (χ4n) is 6.29. The van der Waals surface area contributed by atoms with Gasteiger partial charge in [-0.25, -0.2) is 0 Å². The Balaban J connectivity index is 1.31. The maximum absolute atomic E-state index is 14.0. The first-order valence-electron chi connectivity index (χ1n) is 12.5. The Morgan fingerprint density at radius 2 is 1.89 bits per heavy atom. The molecule has 3 aliphatic heterocycles. The average molecular weight is 526 g/mol. The Morgan fingerprint density at radius 1 is 1.11 bits per heavy atom. The molecule has 36 heavy (non-hydrogen) atoms. The van der Waals surface area contributed by atoms with Gasteiger partial charge in [0, 0.05) is 21.6 Å². The fraction of sp³-hybridized carbons (Fsp3) is 0.444. The molecule has 4 heterocycles. The number of likely N-dealkylation sites (tertiary alicyclic amines) is 1. The van der Waals surface area contributed by atoms with Crippen LogP contribution in [0.5, 0.6) is 0 Å². The van der Waals surface area contributed by atoms with E-state index in [1.807, 2.05) is 29.7 Å². The second-order valence-corrected chi connectivity index (χ2v) is 11.6. The minimum atomic E-state index is -1.15. The van der Waals surface area contributed by atoms with Crippen molar-refractivity contribution in [3.05, 3.63) is 63.8 Å². The highest BCUT2D eigenvalue weighted by atomic mass is 35.5. The van der Waals surface area contributed by atoms with E-state index in [1.54, 1.807) is 40.5 Å². The van der Waals surface area contributed by atoms with E-state index in [0.717, 1.165) is 30.6 Å². The van der Waals surface area contributed by atoms with Gasteiger partial charge in [0.25, 0.3) is 0 Å². The predicted molar refractivity (Wildman–Crippen MR) is 137 cm³/mol. The summed E-state index contributed by atoms with van der Waals surface area (Å²) in [6.07, 6.45) is 8.39. The summed E-state index contributed by atoms with van der Waals surface area (Å²) in [4.78, 5) is 43.8. The maximum Gasteiger partial charge on any atom is 0.246 e. The average Bonchev–Trinajstić information content (AvgIpc) is 3.64. The molecular weight excluding hydrogens is 498 g/mol. The Morgan fingerprint density at radius 3 is 2.61 bits per heavy atom. The van der Waals surface area contributed by atoms with Gasteiger partial charge in [0.2, 0.25) is 17.7 Å². The van der Waals surface area contributed by atoms with Gasteiger partial charge >= 0.3 is 0 Å². The molecule has 3 fully saturated rings. The quantitative estimate of drug-likeness (QED) is 0.555. The van der Waals surface area contributed by atoms with Gasteiger partial charge < -0.3 is 20.3 Å². The zero-order valence-electron chi connectivity index (χ0n) is 19.7. The van der Waals surface area contributed by atoms with Crippen LogP contribution in [-0.2, 0) is 25.7 Å². The van der Waals surface area contributed by atoms with Crippen LogP contribution in [0, 0.1) is 11.8 Å². The number of carbonyl (C=O) groups is 3. The third-order valence-corrected chi connectivity index (χ3v) is 9.01. The fourth-order valence-corrected chi connectivity index (χ4v) is 7.12. The van der Waals surface area contributed by atoms with Crippen LogP contribution in [0.25, 0.3) is 0 Å². The minimum Gasteiger partial charge on any atom is -0.359 e. The van der Waals surface area contributed by atoms with Gasteiger partial charge in [0.1, 0.15) is 11.6 Å². The molecule has 9 heteroatoms. The van der Waals surface area contributed by atoms with Crippen LogP contribution in [0.1, 0.15) is 37.0 Å². The molecule has 4 aliphatic rings. The first-order chi connectivity index (χ1) is 17.5. The molecule has 2 aromatic rings.